The first kappa shape index (κ1) is 19.1. The normalized spacial score (nSPS) is 10.2. The van der Waals surface area contributed by atoms with Crippen LogP contribution < -0.4 is 20.1 Å². The number of nitrogens with one attached hydrogen (secondary N) is 2. The van der Waals surface area contributed by atoms with E-state index >= 15 is 0 Å². The Hall–Kier alpha value is -2.19. The van der Waals surface area contributed by atoms with Crippen molar-refractivity contribution in [2.45, 2.75) is 26.2 Å². The maximum atomic E-state index is 11.7. The number of hydrogen-bond donors (Lipinski definition) is 2. The Bertz CT molecular complexity index is 746. The zero-order valence-electron chi connectivity index (χ0n) is 14.4. The minimum atomic E-state index is -0.0870. The highest BCUT2D eigenvalue weighted by Gasteiger charge is 2.11. The van der Waals surface area contributed by atoms with Crippen LogP contribution in [0.2, 0.25) is 0 Å². The van der Waals surface area contributed by atoms with Crippen molar-refractivity contribution < 1.29 is 14.3 Å². The van der Waals surface area contributed by atoms with E-state index in [9.17, 15) is 4.79 Å². The molecule has 0 bridgehead atoms. The van der Waals surface area contributed by atoms with E-state index in [4.69, 9.17) is 21.7 Å². The Balaban J connectivity index is 2.02. The zero-order chi connectivity index (χ0) is 18.2. The minimum absolute atomic E-state index is 0.0870. The smallest absolute Gasteiger partial charge is 0.226 e. The molecular weight excluding hydrogens is 358 g/mol. The van der Waals surface area contributed by atoms with Gasteiger partial charge in [0.05, 0.1) is 19.9 Å². The molecule has 2 aromatic rings. The van der Waals surface area contributed by atoms with Crippen LogP contribution in [0.3, 0.4) is 0 Å². The number of aromatic nitrogens is 1. The van der Waals surface area contributed by atoms with Gasteiger partial charge < -0.3 is 20.1 Å². The van der Waals surface area contributed by atoms with Crippen LogP contribution >= 0.6 is 23.6 Å². The number of carbonyl (C=O) groups is 1. The number of amides is 1. The molecule has 6 nitrogen and oxygen atoms in total. The molecule has 0 aliphatic heterocycles. The van der Waals surface area contributed by atoms with Gasteiger partial charge in [-0.25, -0.2) is 4.98 Å². The maximum absolute atomic E-state index is 11.7. The summed E-state index contributed by atoms with van der Waals surface area (Å²) in [5.41, 5.74) is 1.69. The molecule has 0 unspecified atom stereocenters. The molecule has 1 heterocycles. The molecule has 1 aromatic carbocycles. The monoisotopic (exact) mass is 379 g/mol. The van der Waals surface area contributed by atoms with Crippen molar-refractivity contribution in [3.63, 3.8) is 0 Å². The van der Waals surface area contributed by atoms with E-state index in [1.807, 2.05) is 30.5 Å². The summed E-state index contributed by atoms with van der Waals surface area (Å²) in [5.74, 6) is 1.22. The van der Waals surface area contributed by atoms with Crippen LogP contribution in [0, 0.1) is 0 Å². The second kappa shape index (κ2) is 9.33. The van der Waals surface area contributed by atoms with Gasteiger partial charge in [-0.15, -0.1) is 11.3 Å². The fourth-order valence-electron chi connectivity index (χ4n) is 2.11. The van der Waals surface area contributed by atoms with Crippen LogP contribution in [-0.4, -0.2) is 30.2 Å². The van der Waals surface area contributed by atoms with Crippen molar-refractivity contribution in [1.82, 2.24) is 10.3 Å². The van der Waals surface area contributed by atoms with E-state index in [1.165, 1.54) is 11.3 Å². The van der Waals surface area contributed by atoms with Crippen LogP contribution in [0.5, 0.6) is 11.5 Å². The number of hydrogen-bond acceptors (Lipinski definition) is 6. The molecule has 0 saturated carbocycles. The van der Waals surface area contributed by atoms with Crippen molar-refractivity contribution >= 4 is 39.7 Å². The van der Waals surface area contributed by atoms with Gasteiger partial charge in [-0.1, -0.05) is 13.3 Å². The van der Waals surface area contributed by atoms with Gasteiger partial charge in [0, 0.05) is 17.4 Å². The molecule has 0 radical (unpaired) electrons. The third-order valence-corrected chi connectivity index (χ3v) is 4.38. The third-order valence-electron chi connectivity index (χ3n) is 3.41. The SMILES string of the molecule is CCCCC(=O)NC(=S)Nc1nc(-c2ccc(OC)c(OC)c2)cs1. The number of anilines is 1. The summed E-state index contributed by atoms with van der Waals surface area (Å²) in [6, 6.07) is 5.60. The lowest BCUT2D eigenvalue weighted by molar-refractivity contribution is -0.119. The number of nitrogens with zero attached hydrogens (tertiary/aromatic N) is 1. The lowest BCUT2D eigenvalue weighted by Gasteiger charge is -2.08. The van der Waals surface area contributed by atoms with E-state index in [1.54, 1.807) is 14.2 Å². The largest absolute Gasteiger partial charge is 0.493 e. The fourth-order valence-corrected chi connectivity index (χ4v) is 3.11. The molecular formula is C17H21N3O3S2. The summed E-state index contributed by atoms with van der Waals surface area (Å²) in [4.78, 5) is 16.2. The Labute approximate surface area is 156 Å². The molecule has 0 atom stereocenters. The Morgan fingerprint density at radius 2 is 2.04 bits per heavy atom. The molecule has 0 fully saturated rings. The Morgan fingerprint density at radius 1 is 1.28 bits per heavy atom. The molecule has 0 aliphatic carbocycles. The summed E-state index contributed by atoms with van der Waals surface area (Å²) in [5, 5.41) is 8.38. The predicted molar refractivity (Wildman–Crippen MR) is 105 cm³/mol. The number of benzene rings is 1. The van der Waals surface area contributed by atoms with Crippen LogP contribution in [0.15, 0.2) is 23.6 Å². The fraction of sp³-hybridized carbons (Fsp3) is 0.353. The summed E-state index contributed by atoms with van der Waals surface area (Å²) in [7, 11) is 3.19. The van der Waals surface area contributed by atoms with Crippen LogP contribution in [0.25, 0.3) is 11.3 Å². The van der Waals surface area contributed by atoms with E-state index < -0.39 is 0 Å². The van der Waals surface area contributed by atoms with E-state index in [0.717, 1.165) is 24.1 Å². The van der Waals surface area contributed by atoms with Gasteiger partial charge in [0.15, 0.2) is 21.7 Å². The average molecular weight is 380 g/mol. The second-order valence-electron chi connectivity index (χ2n) is 5.21. The van der Waals surface area contributed by atoms with E-state index in [2.05, 4.69) is 15.6 Å². The van der Waals surface area contributed by atoms with Gasteiger partial charge in [0.1, 0.15) is 0 Å². The van der Waals surface area contributed by atoms with Crippen molar-refractivity contribution in [1.29, 1.82) is 0 Å². The predicted octanol–water partition coefficient (Wildman–Crippen LogP) is 3.83. The molecule has 0 saturated heterocycles. The number of rotatable bonds is 7. The first-order valence-electron chi connectivity index (χ1n) is 7.86. The van der Waals surface area contributed by atoms with Crippen LogP contribution in [-0.2, 0) is 4.79 Å². The van der Waals surface area contributed by atoms with Crippen LogP contribution in [0.1, 0.15) is 26.2 Å². The molecule has 2 N–H and O–H groups in total. The third kappa shape index (κ3) is 5.40. The molecule has 1 aromatic heterocycles. The van der Waals surface area contributed by atoms with Gasteiger partial charge in [-0.2, -0.15) is 0 Å². The lowest BCUT2D eigenvalue weighted by Crippen LogP contribution is -2.33. The summed E-state index contributed by atoms with van der Waals surface area (Å²) in [6.45, 7) is 2.04. The van der Waals surface area contributed by atoms with Crippen LogP contribution in [0.4, 0.5) is 5.13 Å². The van der Waals surface area contributed by atoms with Gasteiger partial charge >= 0.3 is 0 Å². The maximum Gasteiger partial charge on any atom is 0.226 e. The molecule has 1 amide bonds. The van der Waals surface area contributed by atoms with E-state index in [0.29, 0.717) is 23.1 Å². The average Bonchev–Trinajstić information content (AvgIpc) is 3.07. The van der Waals surface area contributed by atoms with Crippen molar-refractivity contribution in [2.24, 2.45) is 0 Å². The first-order valence-corrected chi connectivity index (χ1v) is 9.15. The quantitative estimate of drug-likeness (QED) is 0.713. The highest BCUT2D eigenvalue weighted by molar-refractivity contribution is 7.80. The number of carbonyl (C=O) groups excluding carboxylic acids is 1. The second-order valence-corrected chi connectivity index (χ2v) is 6.48. The van der Waals surface area contributed by atoms with Crippen molar-refractivity contribution in [3.8, 4) is 22.8 Å². The van der Waals surface area contributed by atoms with Crippen molar-refractivity contribution in [3.05, 3.63) is 23.6 Å². The summed E-state index contributed by atoms with van der Waals surface area (Å²) in [6.07, 6.45) is 2.27. The van der Waals surface area contributed by atoms with E-state index in [-0.39, 0.29) is 11.0 Å². The molecule has 0 spiro atoms. The molecule has 2 rings (SSSR count). The molecule has 25 heavy (non-hydrogen) atoms. The Morgan fingerprint density at radius 3 is 2.72 bits per heavy atom. The highest BCUT2D eigenvalue weighted by Crippen LogP contribution is 2.33. The number of methoxy groups -OCH3 is 2. The first-order chi connectivity index (χ1) is 12.1. The summed E-state index contributed by atoms with van der Waals surface area (Å²) >= 11 is 6.56. The minimum Gasteiger partial charge on any atom is -0.493 e. The van der Waals surface area contributed by atoms with Gasteiger partial charge in [-0.05, 0) is 36.8 Å². The Kier molecular flexibility index (Phi) is 7.15. The summed E-state index contributed by atoms with van der Waals surface area (Å²) < 4.78 is 10.5. The van der Waals surface area contributed by atoms with Gasteiger partial charge in [-0.3, -0.25) is 4.79 Å². The molecule has 8 heteroatoms. The number of thiazole rings is 1. The lowest BCUT2D eigenvalue weighted by atomic mass is 10.1. The highest BCUT2D eigenvalue weighted by atomic mass is 32.1. The number of ether oxygens (including phenoxy) is 2. The molecule has 134 valence electrons. The van der Waals surface area contributed by atoms with Gasteiger partial charge in [0.25, 0.3) is 0 Å². The zero-order valence-corrected chi connectivity index (χ0v) is 16.1. The van der Waals surface area contributed by atoms with Crippen molar-refractivity contribution in [2.75, 3.05) is 19.5 Å². The number of thiocarbonyl (C=S) groups is 1. The number of unbranched alkanes of at least 4 members (excludes halogenated alkanes) is 1. The standard InChI is InChI=1S/C17H21N3O3S2/c1-4-5-6-15(21)19-16(24)20-17-18-12(10-25-17)11-7-8-13(22-2)14(9-11)23-3/h7-10H,4-6H2,1-3H3,(H2,18,19,20,21,24). The molecule has 0 aliphatic rings. The topological polar surface area (TPSA) is 72.5 Å². The van der Waals surface area contributed by atoms with Gasteiger partial charge in [0.2, 0.25) is 5.91 Å².